The summed E-state index contributed by atoms with van der Waals surface area (Å²) in [5.41, 5.74) is 0. The largest absolute Gasteiger partial charge is 1.00 e. The van der Waals surface area contributed by atoms with Crippen molar-refractivity contribution in [3.63, 3.8) is 0 Å². The maximum atomic E-state index is 13.2. The molecule has 0 aliphatic carbocycles. The molecule has 0 fully saturated rings. The number of aliphatic hydroxyl groups excluding tert-OH is 1. The molecule has 0 bridgehead atoms. The number of carbonyl (C=O) groups is 5. The molecule has 0 aliphatic rings. The maximum Gasteiger partial charge on any atom is 1.00 e. The molecule has 98 heavy (non-hydrogen) atoms. The molecule has 0 rings (SSSR count). The van der Waals surface area contributed by atoms with Gasteiger partial charge in [-0.2, -0.15) is 0 Å². The molecule has 6 atom stereocenters. The van der Waals surface area contributed by atoms with Gasteiger partial charge in [-0.15, -0.1) is 0 Å². The third-order valence-electron chi connectivity index (χ3n) is 17.2. The zero-order valence-electron chi connectivity index (χ0n) is 63.4. The molecule has 21 nitrogen and oxygen atoms in total. The molecule has 568 valence electrons. The molecular weight excluding hydrogens is 1310 g/mol. The van der Waals surface area contributed by atoms with Crippen LogP contribution in [0.15, 0.2) is 0 Å². The van der Waals surface area contributed by atoms with Crippen LogP contribution in [0, 0.1) is 0 Å². The van der Waals surface area contributed by atoms with Crippen LogP contribution in [-0.4, -0.2) is 125 Å². The monoisotopic (exact) mass is 1450 g/mol. The van der Waals surface area contributed by atoms with Gasteiger partial charge in [-0.05, 0) is 44.9 Å². The van der Waals surface area contributed by atoms with Gasteiger partial charge >= 0.3 is 65.1 Å². The van der Waals surface area contributed by atoms with Crippen LogP contribution in [0.3, 0.4) is 0 Å². The fourth-order valence-corrected chi connectivity index (χ4v) is 12.7. The summed E-state index contributed by atoms with van der Waals surface area (Å²) in [6.07, 6.45) is 47.7. The number of phosphoric acid groups is 2. The first-order chi connectivity index (χ1) is 46.5. The topological polar surface area (TPSA) is 299 Å². The van der Waals surface area contributed by atoms with Crippen LogP contribution in [0.5, 0.6) is 0 Å². The van der Waals surface area contributed by atoms with Crippen molar-refractivity contribution in [1.29, 1.82) is 0 Å². The summed E-state index contributed by atoms with van der Waals surface area (Å²) in [6, 6.07) is -1.68. The molecule has 2 unspecified atom stereocenters. The van der Waals surface area contributed by atoms with Crippen molar-refractivity contribution < 1.29 is 139 Å². The molecule has 0 aromatic carbocycles. The summed E-state index contributed by atoms with van der Waals surface area (Å²) in [6.45, 7) is 8.65. The Labute approximate surface area is 640 Å². The number of hydrogen-bond donors (Lipinski definition) is 5. The molecule has 4 amide bonds. The van der Waals surface area contributed by atoms with Gasteiger partial charge in [0.25, 0.3) is 15.6 Å². The average Bonchev–Trinajstić information content (AvgIpc) is 1.59. The molecule has 0 aliphatic heterocycles. The number of aliphatic hydroxyl groups is 1. The smallest absolute Gasteiger partial charge is 0.756 e. The van der Waals surface area contributed by atoms with Crippen molar-refractivity contribution in [2.45, 2.75) is 374 Å². The number of ether oxygens (including phenoxy) is 3. The Bertz CT molecular complexity index is 1940. The minimum Gasteiger partial charge on any atom is -0.756 e. The fraction of sp³-hybridized carbons (Fsp3) is 0.932. The zero-order valence-corrected chi connectivity index (χ0v) is 69.2. The summed E-state index contributed by atoms with van der Waals surface area (Å²) in [5, 5.41) is 20.9. The van der Waals surface area contributed by atoms with Crippen molar-refractivity contribution in [1.82, 2.24) is 21.3 Å². The maximum absolute atomic E-state index is 13.2. The quantitative estimate of drug-likeness (QED) is 0.0124. The van der Waals surface area contributed by atoms with Gasteiger partial charge in [0.1, 0.15) is 12.5 Å². The molecule has 0 spiro atoms. The summed E-state index contributed by atoms with van der Waals surface area (Å²) < 4.78 is 63.8. The Morgan fingerprint density at radius 3 is 1.02 bits per heavy atom. The SMILES string of the molecule is CCCCCCCCCCCCCC(=O)N[C@H](COCC[C@@H](CCCCCCC)OC(=O)CCCCCCCCCCC)COP(=O)([O-])OCCNC(=O)CC(=O)NCCOP(=O)([O-])OC[C@H](COCC[C@H](O)CCCCCCC)NC(=O)CCCCCCCCCCCCC.[Na+].[Na+]. The van der Waals surface area contributed by atoms with Crippen molar-refractivity contribution in [2.24, 2.45) is 0 Å². The molecule has 25 heteroatoms. The number of amides is 4. The summed E-state index contributed by atoms with van der Waals surface area (Å²) >= 11 is 0. The van der Waals surface area contributed by atoms with Crippen molar-refractivity contribution in [3.05, 3.63) is 0 Å². The summed E-state index contributed by atoms with van der Waals surface area (Å²) in [5.74, 6) is -2.26. The number of rotatable bonds is 75. The Balaban J connectivity index is -0.0000451. The Morgan fingerprint density at radius 1 is 0.357 bits per heavy atom. The van der Waals surface area contributed by atoms with Crippen molar-refractivity contribution in [2.75, 3.05) is 65.9 Å². The van der Waals surface area contributed by atoms with Gasteiger partial charge in [-0.25, -0.2) is 0 Å². The van der Waals surface area contributed by atoms with Gasteiger partial charge < -0.3 is 68.5 Å². The number of phosphoric ester groups is 2. The van der Waals surface area contributed by atoms with Crippen LogP contribution in [0.25, 0.3) is 0 Å². The Morgan fingerprint density at radius 2 is 0.663 bits per heavy atom. The number of hydrogen-bond acceptors (Lipinski definition) is 17. The van der Waals surface area contributed by atoms with Crippen LogP contribution in [0.4, 0.5) is 0 Å². The van der Waals surface area contributed by atoms with E-state index in [1.54, 1.807) is 0 Å². The van der Waals surface area contributed by atoms with Gasteiger partial charge in [0.05, 0.1) is 64.4 Å². The van der Waals surface area contributed by atoms with Crippen LogP contribution >= 0.6 is 15.6 Å². The average molecular weight is 1460 g/mol. The van der Waals surface area contributed by atoms with Crippen LogP contribution in [0.2, 0.25) is 0 Å². The van der Waals surface area contributed by atoms with Crippen LogP contribution < -0.4 is 90.2 Å². The molecule has 0 saturated carbocycles. The molecule has 0 saturated heterocycles. The van der Waals surface area contributed by atoms with E-state index in [1.165, 1.54) is 135 Å². The van der Waals surface area contributed by atoms with Crippen LogP contribution in [-0.2, 0) is 65.4 Å². The van der Waals surface area contributed by atoms with Gasteiger partial charge in [-0.3, -0.25) is 33.1 Å². The van der Waals surface area contributed by atoms with Gasteiger partial charge in [0.2, 0.25) is 23.6 Å². The first-order valence-corrected chi connectivity index (χ1v) is 41.8. The van der Waals surface area contributed by atoms with Gasteiger partial charge in [0, 0.05) is 45.4 Å². The van der Waals surface area contributed by atoms with E-state index in [-0.39, 0.29) is 135 Å². The van der Waals surface area contributed by atoms with E-state index >= 15 is 0 Å². The predicted octanol–water partition coefficient (Wildman–Crippen LogP) is 9.72. The molecule has 5 N–H and O–H groups in total. The first-order valence-electron chi connectivity index (χ1n) is 38.8. The van der Waals surface area contributed by atoms with Gasteiger partial charge in [-0.1, -0.05) is 272 Å². The molecule has 0 heterocycles. The van der Waals surface area contributed by atoms with Crippen molar-refractivity contribution in [3.8, 4) is 0 Å². The van der Waals surface area contributed by atoms with Gasteiger partial charge in [0.15, 0.2) is 0 Å². The normalized spacial score (nSPS) is 13.8. The van der Waals surface area contributed by atoms with E-state index in [1.807, 2.05) is 0 Å². The number of carbonyl (C=O) groups excluding carboxylic acids is 5. The third-order valence-corrected chi connectivity index (χ3v) is 19.1. The third kappa shape index (κ3) is 72.4. The van der Waals surface area contributed by atoms with E-state index < -0.39 is 78.5 Å². The van der Waals surface area contributed by atoms with Crippen LogP contribution in [0.1, 0.15) is 349 Å². The number of esters is 1. The molecule has 0 aromatic heterocycles. The second-order valence-corrected chi connectivity index (χ2v) is 29.4. The predicted molar refractivity (Wildman–Crippen MR) is 381 cm³/mol. The summed E-state index contributed by atoms with van der Waals surface area (Å²) in [4.78, 5) is 90.0. The molecular formula is C73H142N4Na2O17P2. The second-order valence-electron chi connectivity index (χ2n) is 26.6. The number of unbranched alkanes of at least 4 members (excludes halogenated alkanes) is 36. The fourth-order valence-electron chi connectivity index (χ4n) is 11.2. The van der Waals surface area contributed by atoms with E-state index in [0.717, 1.165) is 116 Å². The van der Waals surface area contributed by atoms with E-state index in [9.17, 15) is 48.0 Å². The molecule has 0 aromatic rings. The minimum atomic E-state index is -4.97. The second kappa shape index (κ2) is 74.7. The zero-order chi connectivity index (χ0) is 70.7. The first kappa shape index (κ1) is 102. The summed E-state index contributed by atoms with van der Waals surface area (Å²) in [7, 11) is -9.90. The Kier molecular flexibility index (Phi) is 77.5. The molecule has 0 radical (unpaired) electrons. The minimum absolute atomic E-state index is 0. The van der Waals surface area contributed by atoms with E-state index in [2.05, 4.69) is 55.9 Å². The standard InChI is InChI=1S/C73H144N4O17P2.2Na/c1-6-11-16-21-24-27-29-32-34-39-44-49-69(79)76-65(61-88-56-52-67(78)47-42-37-19-14-9-4)63-92-95(84,85)90-58-54-74-71(81)60-72(82)75-55-59-91-96(86,87)93-64-66(77-70(80)50-45-40-35-33-30-28-25-22-17-12-7-2)62-89-57-53-68(48-43-38-20-15-10-5)94-73(83)51-46-41-36-31-26-23-18-13-8-3;;/h65-68,78H,6-64H2,1-5H3,(H,74,81)(H,75,82)(H,76,79)(H,77,80)(H,84,85)(H,86,87);;/q;2*+1/p-2/t65-,66+,67+,68+;;/m0../s1. The van der Waals surface area contributed by atoms with Crippen molar-refractivity contribution >= 4 is 45.2 Å². The Hall–Kier alpha value is -0.550. The number of nitrogens with one attached hydrogen (secondary N) is 4. The van der Waals surface area contributed by atoms with E-state index in [0.29, 0.717) is 44.9 Å². The van der Waals surface area contributed by atoms with E-state index in [4.69, 9.17) is 32.3 Å².